The van der Waals surface area contributed by atoms with Crippen molar-refractivity contribution >= 4 is 0 Å². The summed E-state index contributed by atoms with van der Waals surface area (Å²) >= 11 is 0. The van der Waals surface area contributed by atoms with Gasteiger partial charge in [0.15, 0.2) is 0 Å². The smallest absolute Gasteiger partial charge is 0.123 e. The lowest BCUT2D eigenvalue weighted by Crippen LogP contribution is -2.37. The van der Waals surface area contributed by atoms with Crippen LogP contribution in [0.4, 0.5) is 4.39 Å². The molecule has 0 heterocycles. The highest BCUT2D eigenvalue weighted by Crippen LogP contribution is 2.12. The highest BCUT2D eigenvalue weighted by Gasteiger charge is 2.10. The van der Waals surface area contributed by atoms with Gasteiger partial charge in [0.25, 0.3) is 0 Å². The Balaban J connectivity index is 2.73. The number of rotatable bonds is 5. The van der Waals surface area contributed by atoms with Crippen LogP contribution >= 0.6 is 0 Å². The second kappa shape index (κ2) is 5.97. The number of hydrogen-bond acceptors (Lipinski definition) is 2. The van der Waals surface area contributed by atoms with Gasteiger partial charge in [-0.2, -0.15) is 0 Å². The van der Waals surface area contributed by atoms with Gasteiger partial charge in [-0.25, -0.2) is 4.39 Å². The van der Waals surface area contributed by atoms with Gasteiger partial charge >= 0.3 is 0 Å². The minimum Gasteiger partial charge on any atom is -0.315 e. The summed E-state index contributed by atoms with van der Waals surface area (Å²) in [5, 5.41) is 3.26. The van der Waals surface area contributed by atoms with Gasteiger partial charge in [0.1, 0.15) is 5.82 Å². The molecular formula is C13H21FN2. The van der Waals surface area contributed by atoms with E-state index in [2.05, 4.69) is 10.2 Å². The van der Waals surface area contributed by atoms with Gasteiger partial charge in [-0.1, -0.05) is 6.07 Å². The molecule has 0 aliphatic heterocycles. The second-order valence-electron chi connectivity index (χ2n) is 4.52. The minimum atomic E-state index is -0.152. The lowest BCUT2D eigenvalue weighted by molar-refractivity contribution is 0.346. The molecule has 0 saturated heterocycles. The molecule has 0 radical (unpaired) electrons. The first kappa shape index (κ1) is 13.1. The standard InChI is InChI=1S/C13H21FN2/c1-10-5-6-12(14)7-11(10)8-13(15-2)9-16(3)4/h5-7,13,15H,8-9H2,1-4H3. The van der Waals surface area contributed by atoms with E-state index < -0.39 is 0 Å². The summed E-state index contributed by atoms with van der Waals surface area (Å²) in [7, 11) is 6.04. The van der Waals surface area contributed by atoms with Gasteiger partial charge < -0.3 is 10.2 Å². The molecule has 0 amide bonds. The van der Waals surface area contributed by atoms with E-state index in [-0.39, 0.29) is 5.82 Å². The van der Waals surface area contributed by atoms with E-state index in [9.17, 15) is 4.39 Å². The summed E-state index contributed by atoms with van der Waals surface area (Å²) in [4.78, 5) is 2.13. The molecule has 0 saturated carbocycles. The number of halogens is 1. The van der Waals surface area contributed by atoms with E-state index in [4.69, 9.17) is 0 Å². The Bertz CT molecular complexity index is 337. The zero-order valence-corrected chi connectivity index (χ0v) is 10.5. The van der Waals surface area contributed by atoms with Crippen LogP contribution in [0, 0.1) is 12.7 Å². The van der Waals surface area contributed by atoms with E-state index in [0.717, 1.165) is 24.1 Å². The van der Waals surface area contributed by atoms with Gasteiger partial charge in [-0.15, -0.1) is 0 Å². The molecule has 0 spiro atoms. The Kier molecular flexibility index (Phi) is 4.90. The Hall–Kier alpha value is -0.930. The maximum absolute atomic E-state index is 13.1. The van der Waals surface area contributed by atoms with Crippen LogP contribution in [0.15, 0.2) is 18.2 Å². The summed E-state index contributed by atoms with van der Waals surface area (Å²) < 4.78 is 13.1. The van der Waals surface area contributed by atoms with E-state index in [1.807, 2.05) is 34.1 Å². The largest absolute Gasteiger partial charge is 0.315 e. The zero-order chi connectivity index (χ0) is 12.1. The number of nitrogens with zero attached hydrogens (tertiary/aromatic N) is 1. The fourth-order valence-corrected chi connectivity index (χ4v) is 1.82. The van der Waals surface area contributed by atoms with Gasteiger partial charge in [-0.3, -0.25) is 0 Å². The maximum atomic E-state index is 13.1. The number of likely N-dealkylation sites (N-methyl/N-ethyl adjacent to an activating group) is 2. The van der Waals surface area contributed by atoms with Crippen molar-refractivity contribution in [2.24, 2.45) is 0 Å². The Morgan fingerprint density at radius 1 is 1.38 bits per heavy atom. The number of benzene rings is 1. The quantitative estimate of drug-likeness (QED) is 0.821. The van der Waals surface area contributed by atoms with Crippen molar-refractivity contribution in [2.75, 3.05) is 27.7 Å². The lowest BCUT2D eigenvalue weighted by Gasteiger charge is -2.21. The van der Waals surface area contributed by atoms with Crippen molar-refractivity contribution in [3.05, 3.63) is 35.1 Å². The average Bonchev–Trinajstić information content (AvgIpc) is 2.21. The monoisotopic (exact) mass is 224 g/mol. The third kappa shape index (κ3) is 3.91. The molecule has 0 aliphatic rings. The summed E-state index contributed by atoms with van der Waals surface area (Å²) in [5.74, 6) is -0.152. The van der Waals surface area contributed by atoms with Crippen molar-refractivity contribution in [1.29, 1.82) is 0 Å². The fourth-order valence-electron chi connectivity index (χ4n) is 1.82. The molecule has 1 aromatic carbocycles. The van der Waals surface area contributed by atoms with Crippen LogP contribution in [-0.4, -0.2) is 38.6 Å². The minimum absolute atomic E-state index is 0.152. The zero-order valence-electron chi connectivity index (χ0n) is 10.5. The molecule has 2 nitrogen and oxygen atoms in total. The van der Waals surface area contributed by atoms with E-state index >= 15 is 0 Å². The lowest BCUT2D eigenvalue weighted by atomic mass is 10.0. The first-order chi connectivity index (χ1) is 7.52. The van der Waals surface area contributed by atoms with Crippen molar-refractivity contribution in [2.45, 2.75) is 19.4 Å². The highest BCUT2D eigenvalue weighted by atomic mass is 19.1. The van der Waals surface area contributed by atoms with Gasteiger partial charge in [0, 0.05) is 12.6 Å². The Labute approximate surface area is 97.5 Å². The van der Waals surface area contributed by atoms with Gasteiger partial charge in [0.05, 0.1) is 0 Å². The summed E-state index contributed by atoms with van der Waals surface area (Å²) in [6, 6.07) is 5.34. The van der Waals surface area contributed by atoms with Gasteiger partial charge in [-0.05, 0) is 57.7 Å². The number of hydrogen-bond donors (Lipinski definition) is 1. The van der Waals surface area contributed by atoms with Crippen molar-refractivity contribution in [3.63, 3.8) is 0 Å². The predicted octanol–water partition coefficient (Wildman–Crippen LogP) is 1.83. The molecule has 1 unspecified atom stereocenters. The van der Waals surface area contributed by atoms with Crippen LogP contribution in [0.1, 0.15) is 11.1 Å². The van der Waals surface area contributed by atoms with E-state index in [1.165, 1.54) is 6.07 Å². The second-order valence-corrected chi connectivity index (χ2v) is 4.52. The molecule has 0 bridgehead atoms. The molecular weight excluding hydrogens is 203 g/mol. The maximum Gasteiger partial charge on any atom is 0.123 e. The Morgan fingerprint density at radius 2 is 2.06 bits per heavy atom. The van der Waals surface area contributed by atoms with Crippen LogP contribution in [-0.2, 0) is 6.42 Å². The van der Waals surface area contributed by atoms with E-state index in [1.54, 1.807) is 6.07 Å². The molecule has 1 rings (SSSR count). The number of aryl methyl sites for hydroxylation is 1. The van der Waals surface area contributed by atoms with E-state index in [0.29, 0.717) is 6.04 Å². The number of nitrogens with one attached hydrogen (secondary N) is 1. The van der Waals surface area contributed by atoms with Crippen LogP contribution in [0.5, 0.6) is 0 Å². The van der Waals surface area contributed by atoms with Crippen molar-refractivity contribution in [3.8, 4) is 0 Å². The molecule has 1 atom stereocenters. The third-order valence-corrected chi connectivity index (χ3v) is 2.77. The first-order valence-corrected chi connectivity index (χ1v) is 5.60. The first-order valence-electron chi connectivity index (χ1n) is 5.60. The van der Waals surface area contributed by atoms with Crippen LogP contribution < -0.4 is 5.32 Å². The van der Waals surface area contributed by atoms with Crippen molar-refractivity contribution in [1.82, 2.24) is 10.2 Å². The molecule has 0 fully saturated rings. The molecule has 0 aromatic heterocycles. The molecule has 0 aliphatic carbocycles. The summed E-state index contributed by atoms with van der Waals surface area (Å²) in [6.45, 7) is 2.98. The average molecular weight is 224 g/mol. The van der Waals surface area contributed by atoms with Crippen LogP contribution in [0.2, 0.25) is 0 Å². The Morgan fingerprint density at radius 3 is 2.62 bits per heavy atom. The molecule has 1 N–H and O–H groups in total. The van der Waals surface area contributed by atoms with Crippen LogP contribution in [0.3, 0.4) is 0 Å². The summed E-state index contributed by atoms with van der Waals surface area (Å²) in [6.07, 6.45) is 0.859. The topological polar surface area (TPSA) is 15.3 Å². The normalized spacial score (nSPS) is 13.1. The summed E-state index contributed by atoms with van der Waals surface area (Å²) in [5.41, 5.74) is 2.24. The molecule has 16 heavy (non-hydrogen) atoms. The molecule has 3 heteroatoms. The fraction of sp³-hybridized carbons (Fsp3) is 0.538. The van der Waals surface area contributed by atoms with Crippen molar-refractivity contribution < 1.29 is 4.39 Å². The molecule has 90 valence electrons. The molecule has 1 aromatic rings. The van der Waals surface area contributed by atoms with Crippen LogP contribution in [0.25, 0.3) is 0 Å². The predicted molar refractivity (Wildman–Crippen MR) is 66.2 cm³/mol. The SMILES string of the molecule is CNC(Cc1cc(F)ccc1C)CN(C)C. The highest BCUT2D eigenvalue weighted by molar-refractivity contribution is 5.27. The van der Waals surface area contributed by atoms with Gasteiger partial charge in [0.2, 0.25) is 0 Å². The third-order valence-electron chi connectivity index (χ3n) is 2.77.